The zero-order valence-electron chi connectivity index (χ0n) is 8.51. The predicted molar refractivity (Wildman–Crippen MR) is 52.7 cm³/mol. The first-order chi connectivity index (χ1) is 7.11. The van der Waals surface area contributed by atoms with E-state index >= 15 is 0 Å². The fourth-order valence-electron chi connectivity index (χ4n) is 0.683. The highest BCUT2D eigenvalue weighted by molar-refractivity contribution is 5.95. The molecule has 84 valence electrons. The van der Waals surface area contributed by atoms with Gasteiger partial charge in [-0.1, -0.05) is 18.7 Å². The van der Waals surface area contributed by atoms with Gasteiger partial charge in [-0.05, 0) is 6.92 Å². The number of allylic oxidation sites excluding steroid dienone is 1. The van der Waals surface area contributed by atoms with Gasteiger partial charge < -0.3 is 14.6 Å². The average molecular weight is 214 g/mol. The summed E-state index contributed by atoms with van der Waals surface area (Å²) in [5, 5.41) is 8.47. The number of aliphatic hydroxyl groups is 1. The number of rotatable bonds is 3. The fraction of sp³-hybridized carbons (Fsp3) is 0.400. The molecule has 15 heavy (non-hydrogen) atoms. The standard InChI is InChI=1S/C6H10O.C4H4O4/c1-3-5-7-6-4-2;5-2-1-3(6)8-4(2)7/h3-4,6H,1,5H2,2H3;2,5H,1H2. The quantitative estimate of drug-likeness (QED) is 0.244. The molecule has 1 aliphatic heterocycles. The number of cyclic esters (lactones) is 2. The topological polar surface area (TPSA) is 72.8 Å². The van der Waals surface area contributed by atoms with Crippen molar-refractivity contribution in [2.75, 3.05) is 6.61 Å². The second kappa shape index (κ2) is 7.75. The van der Waals surface area contributed by atoms with Crippen LogP contribution in [0.15, 0.2) is 25.0 Å². The molecule has 0 aromatic rings. The van der Waals surface area contributed by atoms with E-state index in [4.69, 9.17) is 9.84 Å². The van der Waals surface area contributed by atoms with Crippen LogP contribution in [0, 0.1) is 0 Å². The zero-order valence-corrected chi connectivity index (χ0v) is 8.51. The number of carbonyl (C=O) groups is 2. The van der Waals surface area contributed by atoms with Gasteiger partial charge in [0.2, 0.25) is 0 Å². The van der Waals surface area contributed by atoms with Crippen LogP contribution in [0.1, 0.15) is 13.3 Å². The third kappa shape index (κ3) is 6.45. The summed E-state index contributed by atoms with van der Waals surface area (Å²) in [7, 11) is 0. The van der Waals surface area contributed by atoms with E-state index in [0.717, 1.165) is 0 Å². The van der Waals surface area contributed by atoms with Crippen LogP contribution < -0.4 is 0 Å². The summed E-state index contributed by atoms with van der Waals surface area (Å²) in [6.45, 7) is 5.98. The number of hydrogen-bond donors (Lipinski definition) is 1. The van der Waals surface area contributed by atoms with Crippen molar-refractivity contribution in [1.82, 2.24) is 0 Å². The van der Waals surface area contributed by atoms with Gasteiger partial charge in [-0.3, -0.25) is 4.79 Å². The second-order valence-electron chi connectivity index (χ2n) is 2.60. The maximum atomic E-state index is 10.1. The fourth-order valence-corrected chi connectivity index (χ4v) is 0.683. The summed E-state index contributed by atoms with van der Waals surface area (Å²) in [6, 6.07) is 0. The highest BCUT2D eigenvalue weighted by atomic mass is 16.6. The Kier molecular flexibility index (Phi) is 6.92. The molecule has 1 rings (SSSR count). The van der Waals surface area contributed by atoms with Crippen LogP contribution in [0.5, 0.6) is 0 Å². The van der Waals surface area contributed by atoms with Crippen LogP contribution >= 0.6 is 0 Å². The smallest absolute Gasteiger partial charge is 0.343 e. The zero-order chi connectivity index (χ0) is 11.7. The molecule has 0 aromatic carbocycles. The van der Waals surface area contributed by atoms with Crippen molar-refractivity contribution in [3.63, 3.8) is 0 Å². The Labute approximate surface area is 88.0 Å². The molecule has 1 aliphatic rings. The molecule has 1 atom stereocenters. The van der Waals surface area contributed by atoms with Crippen molar-refractivity contribution in [2.24, 2.45) is 0 Å². The first-order valence-corrected chi connectivity index (χ1v) is 4.38. The van der Waals surface area contributed by atoms with Crippen LogP contribution in [0.4, 0.5) is 0 Å². The molecule has 1 fully saturated rings. The molecule has 1 heterocycles. The first-order valence-electron chi connectivity index (χ1n) is 4.38. The van der Waals surface area contributed by atoms with E-state index in [2.05, 4.69) is 11.3 Å². The summed E-state index contributed by atoms with van der Waals surface area (Å²) in [5.41, 5.74) is 0. The van der Waals surface area contributed by atoms with E-state index < -0.39 is 18.0 Å². The van der Waals surface area contributed by atoms with Gasteiger partial charge in [0, 0.05) is 0 Å². The van der Waals surface area contributed by atoms with Crippen molar-refractivity contribution in [3.8, 4) is 0 Å². The highest BCUT2D eigenvalue weighted by Crippen LogP contribution is 2.05. The molecule has 5 nitrogen and oxygen atoms in total. The van der Waals surface area contributed by atoms with E-state index in [-0.39, 0.29) is 6.42 Å². The first kappa shape index (κ1) is 13.4. The maximum Gasteiger partial charge on any atom is 0.343 e. The van der Waals surface area contributed by atoms with Gasteiger partial charge in [-0.15, -0.1) is 0 Å². The predicted octanol–water partition coefficient (Wildman–Crippen LogP) is 0.543. The van der Waals surface area contributed by atoms with Gasteiger partial charge in [0.15, 0.2) is 6.10 Å². The lowest BCUT2D eigenvalue weighted by molar-refractivity contribution is -0.154. The Balaban J connectivity index is 0.000000265. The number of esters is 2. The van der Waals surface area contributed by atoms with Crippen molar-refractivity contribution >= 4 is 11.9 Å². The number of aliphatic hydroxyl groups excluding tert-OH is 1. The Morgan fingerprint density at radius 1 is 1.67 bits per heavy atom. The summed E-state index contributed by atoms with van der Waals surface area (Å²) in [5.74, 6) is -1.49. The largest absolute Gasteiger partial charge is 0.498 e. The minimum Gasteiger partial charge on any atom is -0.498 e. The van der Waals surface area contributed by atoms with Crippen molar-refractivity contribution < 1.29 is 24.2 Å². The minimum atomic E-state index is -1.22. The third-order valence-electron chi connectivity index (χ3n) is 1.29. The molecular weight excluding hydrogens is 200 g/mol. The molecule has 1 saturated heterocycles. The molecular formula is C10H14O5. The average Bonchev–Trinajstić information content (AvgIpc) is 2.46. The molecule has 0 bridgehead atoms. The molecule has 5 heteroatoms. The van der Waals surface area contributed by atoms with Crippen molar-refractivity contribution in [2.45, 2.75) is 19.4 Å². The summed E-state index contributed by atoms with van der Waals surface area (Å²) >= 11 is 0. The van der Waals surface area contributed by atoms with E-state index in [9.17, 15) is 9.59 Å². The monoisotopic (exact) mass is 214 g/mol. The van der Waals surface area contributed by atoms with Crippen LogP contribution in [-0.4, -0.2) is 29.8 Å². The van der Waals surface area contributed by atoms with Gasteiger partial charge in [0.25, 0.3) is 0 Å². The van der Waals surface area contributed by atoms with Crippen LogP contribution in [0.3, 0.4) is 0 Å². The third-order valence-corrected chi connectivity index (χ3v) is 1.29. The number of carbonyl (C=O) groups excluding carboxylic acids is 2. The van der Waals surface area contributed by atoms with Gasteiger partial charge in [-0.2, -0.15) is 0 Å². The second-order valence-corrected chi connectivity index (χ2v) is 2.60. The van der Waals surface area contributed by atoms with Gasteiger partial charge in [0.1, 0.15) is 6.61 Å². The highest BCUT2D eigenvalue weighted by Gasteiger charge is 2.30. The molecule has 0 radical (unpaired) electrons. The van der Waals surface area contributed by atoms with Crippen molar-refractivity contribution in [1.29, 1.82) is 0 Å². The Morgan fingerprint density at radius 2 is 2.33 bits per heavy atom. The van der Waals surface area contributed by atoms with Crippen molar-refractivity contribution in [3.05, 3.63) is 25.0 Å². The van der Waals surface area contributed by atoms with E-state index in [1.54, 1.807) is 12.3 Å². The van der Waals surface area contributed by atoms with Crippen LogP contribution in [0.25, 0.3) is 0 Å². The van der Waals surface area contributed by atoms with Gasteiger partial charge in [-0.25, -0.2) is 4.79 Å². The number of ether oxygens (including phenoxy) is 2. The lowest BCUT2D eigenvalue weighted by Crippen LogP contribution is -2.11. The molecule has 0 amide bonds. The van der Waals surface area contributed by atoms with Crippen LogP contribution in [0.2, 0.25) is 0 Å². The molecule has 1 unspecified atom stereocenters. The Hall–Kier alpha value is -1.62. The van der Waals surface area contributed by atoms with Gasteiger partial charge in [0.05, 0.1) is 12.7 Å². The Morgan fingerprint density at radius 3 is 2.60 bits per heavy atom. The number of hydrogen-bond acceptors (Lipinski definition) is 5. The molecule has 1 N–H and O–H groups in total. The normalized spacial score (nSPS) is 19.5. The SMILES string of the molecule is C=CCOC=CC.O=C1CC(O)C(=O)O1. The van der Waals surface area contributed by atoms with Gasteiger partial charge >= 0.3 is 11.9 Å². The van der Waals surface area contributed by atoms with E-state index in [0.29, 0.717) is 6.61 Å². The maximum absolute atomic E-state index is 10.1. The van der Waals surface area contributed by atoms with E-state index in [1.807, 2.05) is 13.0 Å². The van der Waals surface area contributed by atoms with Crippen LogP contribution in [-0.2, 0) is 19.1 Å². The lowest BCUT2D eigenvalue weighted by atomic mass is 10.3. The molecule has 0 spiro atoms. The molecule has 0 aliphatic carbocycles. The summed E-state index contributed by atoms with van der Waals surface area (Å²) < 4.78 is 8.78. The summed E-state index contributed by atoms with van der Waals surface area (Å²) in [6.07, 6.45) is 3.77. The molecule has 0 saturated carbocycles. The Bertz CT molecular complexity index is 257. The lowest BCUT2D eigenvalue weighted by Gasteiger charge is -1.88. The summed E-state index contributed by atoms with van der Waals surface area (Å²) in [4.78, 5) is 20.2. The molecule has 0 aromatic heterocycles. The van der Waals surface area contributed by atoms with E-state index in [1.165, 1.54) is 0 Å². The minimum absolute atomic E-state index is 0.196.